The summed E-state index contributed by atoms with van der Waals surface area (Å²) in [5.41, 5.74) is 0.372. The smallest absolute Gasteiger partial charge is 0.240 e. The Balaban J connectivity index is 2.20. The van der Waals surface area contributed by atoms with E-state index in [0.717, 1.165) is 12.7 Å². The van der Waals surface area contributed by atoms with Gasteiger partial charge in [-0.1, -0.05) is 37.8 Å². The molecular formula is C15H21FN2O3S. The highest BCUT2D eigenvalue weighted by atomic mass is 32.2. The van der Waals surface area contributed by atoms with Crippen molar-refractivity contribution in [3.63, 3.8) is 0 Å². The molecule has 1 aromatic heterocycles. The lowest BCUT2D eigenvalue weighted by Gasteiger charge is -2.09. The first-order valence-electron chi connectivity index (χ1n) is 7.28. The first-order chi connectivity index (χ1) is 10.4. The van der Waals surface area contributed by atoms with Gasteiger partial charge in [0.05, 0.1) is 13.4 Å². The molecule has 0 unspecified atom stereocenters. The van der Waals surface area contributed by atoms with Crippen molar-refractivity contribution in [2.24, 2.45) is 5.92 Å². The lowest BCUT2D eigenvalue weighted by molar-refractivity contribution is 0.387. The lowest BCUT2D eigenvalue weighted by Crippen LogP contribution is -2.12. The average molecular weight is 328 g/mol. The van der Waals surface area contributed by atoms with E-state index in [1.54, 1.807) is 6.08 Å². The summed E-state index contributed by atoms with van der Waals surface area (Å²) in [5.74, 6) is -0.0706. The molecule has 1 aromatic rings. The SMILES string of the molecule is COc1nc(F)c(NS(C)(=O)=O)cc1/C=C/CC1CCCC1. The van der Waals surface area contributed by atoms with Gasteiger partial charge in [0.15, 0.2) is 0 Å². The van der Waals surface area contributed by atoms with Crippen molar-refractivity contribution in [2.75, 3.05) is 18.1 Å². The number of hydrogen-bond donors (Lipinski definition) is 1. The number of allylic oxidation sites excluding steroid dienone is 1. The van der Waals surface area contributed by atoms with Gasteiger partial charge in [-0.2, -0.15) is 9.37 Å². The zero-order valence-corrected chi connectivity index (χ0v) is 13.6. The minimum atomic E-state index is -3.56. The number of ether oxygens (including phenoxy) is 1. The third-order valence-electron chi connectivity index (χ3n) is 3.70. The second-order valence-corrected chi connectivity index (χ2v) is 7.34. The van der Waals surface area contributed by atoms with Gasteiger partial charge in [0.2, 0.25) is 21.9 Å². The highest BCUT2D eigenvalue weighted by Crippen LogP contribution is 2.29. The first kappa shape index (κ1) is 16.7. The fourth-order valence-corrected chi connectivity index (χ4v) is 3.22. The second kappa shape index (κ2) is 7.09. The van der Waals surface area contributed by atoms with Crippen LogP contribution in [0.3, 0.4) is 0 Å². The Bertz CT molecular complexity index is 653. The van der Waals surface area contributed by atoms with Crippen LogP contribution in [-0.2, 0) is 10.0 Å². The molecule has 0 aromatic carbocycles. The van der Waals surface area contributed by atoms with E-state index in [1.165, 1.54) is 38.9 Å². The monoisotopic (exact) mass is 328 g/mol. The summed E-state index contributed by atoms with van der Waals surface area (Å²) in [7, 11) is -2.16. The summed E-state index contributed by atoms with van der Waals surface area (Å²) in [6.07, 6.45) is 10.8. The standard InChI is InChI=1S/C15H21FN2O3S/c1-21-15-12(9-5-8-11-6-3-4-7-11)10-13(14(16)17-15)18-22(2,19)20/h5,9-11,18H,3-4,6-8H2,1-2H3/b9-5+. The van der Waals surface area contributed by atoms with E-state index in [4.69, 9.17) is 4.74 Å². The van der Waals surface area contributed by atoms with Gasteiger partial charge in [0.1, 0.15) is 5.69 Å². The van der Waals surface area contributed by atoms with Crippen molar-refractivity contribution >= 4 is 21.8 Å². The second-order valence-electron chi connectivity index (χ2n) is 5.59. The number of nitrogens with one attached hydrogen (secondary N) is 1. The van der Waals surface area contributed by atoms with E-state index in [2.05, 4.69) is 9.71 Å². The van der Waals surface area contributed by atoms with E-state index < -0.39 is 16.0 Å². The number of rotatable bonds is 6. The molecule has 0 saturated heterocycles. The van der Waals surface area contributed by atoms with Gasteiger partial charge in [-0.15, -0.1) is 0 Å². The van der Waals surface area contributed by atoms with Crippen LogP contribution in [0.1, 0.15) is 37.7 Å². The number of hydrogen-bond acceptors (Lipinski definition) is 4. The van der Waals surface area contributed by atoms with E-state index in [0.29, 0.717) is 11.5 Å². The molecule has 0 spiro atoms. The molecule has 0 amide bonds. The molecule has 2 rings (SSSR count). The van der Waals surface area contributed by atoms with Crippen molar-refractivity contribution < 1.29 is 17.5 Å². The molecule has 1 aliphatic carbocycles. The molecule has 1 heterocycles. The minimum absolute atomic E-state index is 0.138. The topological polar surface area (TPSA) is 68.3 Å². The molecule has 0 atom stereocenters. The third kappa shape index (κ3) is 4.69. The quantitative estimate of drug-likeness (QED) is 0.814. The maximum atomic E-state index is 13.8. The van der Waals surface area contributed by atoms with Crippen LogP contribution in [0.25, 0.3) is 6.08 Å². The fraction of sp³-hybridized carbons (Fsp3) is 0.533. The molecule has 1 aliphatic rings. The summed E-state index contributed by atoms with van der Waals surface area (Å²) in [5, 5.41) is 0. The summed E-state index contributed by atoms with van der Waals surface area (Å²) in [6.45, 7) is 0. The van der Waals surface area contributed by atoms with E-state index in [9.17, 15) is 12.8 Å². The molecule has 5 nitrogen and oxygen atoms in total. The highest BCUT2D eigenvalue weighted by molar-refractivity contribution is 7.92. The van der Waals surface area contributed by atoms with Gasteiger partial charge in [-0.25, -0.2) is 8.42 Å². The molecule has 1 saturated carbocycles. The number of anilines is 1. The van der Waals surface area contributed by atoms with E-state index >= 15 is 0 Å². The van der Waals surface area contributed by atoms with E-state index in [-0.39, 0.29) is 11.6 Å². The average Bonchev–Trinajstić information content (AvgIpc) is 2.93. The van der Waals surface area contributed by atoms with Crippen LogP contribution in [-0.4, -0.2) is 26.8 Å². The predicted octanol–water partition coefficient (Wildman–Crippen LogP) is 3.19. The fourth-order valence-electron chi connectivity index (χ4n) is 2.68. The van der Waals surface area contributed by atoms with Crippen molar-refractivity contribution in [3.05, 3.63) is 23.7 Å². The molecule has 1 fully saturated rings. The van der Waals surface area contributed by atoms with Crippen molar-refractivity contribution in [2.45, 2.75) is 32.1 Å². The summed E-state index contributed by atoms with van der Waals surface area (Å²) >= 11 is 0. The Labute approximate surface area is 130 Å². The maximum Gasteiger partial charge on any atom is 0.240 e. The summed E-state index contributed by atoms with van der Waals surface area (Å²) in [4.78, 5) is 3.66. The van der Waals surface area contributed by atoms with Crippen LogP contribution in [0.2, 0.25) is 0 Å². The molecule has 0 bridgehead atoms. The molecule has 22 heavy (non-hydrogen) atoms. The van der Waals surface area contributed by atoms with Gasteiger partial charge in [0.25, 0.3) is 0 Å². The Morgan fingerprint density at radius 3 is 2.73 bits per heavy atom. The zero-order valence-electron chi connectivity index (χ0n) is 12.8. The Hall–Kier alpha value is -1.63. The van der Waals surface area contributed by atoms with Crippen LogP contribution in [0.15, 0.2) is 12.1 Å². The minimum Gasteiger partial charge on any atom is -0.480 e. The normalized spacial score (nSPS) is 16.3. The number of pyridine rings is 1. The number of sulfonamides is 1. The number of nitrogens with zero attached hydrogens (tertiary/aromatic N) is 1. The lowest BCUT2D eigenvalue weighted by atomic mass is 10.0. The predicted molar refractivity (Wildman–Crippen MR) is 84.8 cm³/mol. The van der Waals surface area contributed by atoms with Crippen molar-refractivity contribution in [3.8, 4) is 5.88 Å². The van der Waals surface area contributed by atoms with Crippen LogP contribution in [0, 0.1) is 11.9 Å². The Kier molecular flexibility index (Phi) is 5.39. The van der Waals surface area contributed by atoms with Gasteiger partial charge in [-0.3, -0.25) is 4.72 Å². The Morgan fingerprint density at radius 1 is 1.45 bits per heavy atom. The highest BCUT2D eigenvalue weighted by Gasteiger charge is 2.15. The van der Waals surface area contributed by atoms with Crippen molar-refractivity contribution in [1.82, 2.24) is 4.98 Å². The largest absolute Gasteiger partial charge is 0.480 e. The summed E-state index contributed by atoms with van der Waals surface area (Å²) in [6, 6.07) is 1.40. The molecule has 1 N–H and O–H groups in total. The van der Waals surface area contributed by atoms with Crippen LogP contribution in [0.4, 0.5) is 10.1 Å². The van der Waals surface area contributed by atoms with Gasteiger partial charge < -0.3 is 4.74 Å². The zero-order chi connectivity index (χ0) is 16.2. The molecular weight excluding hydrogens is 307 g/mol. The molecule has 122 valence electrons. The van der Waals surface area contributed by atoms with Gasteiger partial charge in [0, 0.05) is 5.56 Å². The third-order valence-corrected chi connectivity index (χ3v) is 4.29. The van der Waals surface area contributed by atoms with E-state index in [1.807, 2.05) is 6.08 Å². The molecule has 0 aliphatic heterocycles. The van der Waals surface area contributed by atoms with Crippen LogP contribution >= 0.6 is 0 Å². The summed E-state index contributed by atoms with van der Waals surface area (Å²) < 4.78 is 43.4. The Morgan fingerprint density at radius 2 is 2.14 bits per heavy atom. The number of methoxy groups -OCH3 is 1. The molecule has 0 radical (unpaired) electrons. The van der Waals surface area contributed by atoms with Crippen LogP contribution in [0.5, 0.6) is 5.88 Å². The maximum absolute atomic E-state index is 13.8. The van der Waals surface area contributed by atoms with Gasteiger partial charge >= 0.3 is 0 Å². The van der Waals surface area contributed by atoms with Gasteiger partial charge in [-0.05, 0) is 18.4 Å². The van der Waals surface area contributed by atoms with Crippen molar-refractivity contribution in [1.29, 1.82) is 0 Å². The number of aromatic nitrogens is 1. The first-order valence-corrected chi connectivity index (χ1v) is 9.17. The molecule has 7 heteroatoms. The van der Waals surface area contributed by atoms with Crippen LogP contribution < -0.4 is 9.46 Å². The number of halogens is 1.